The van der Waals surface area contributed by atoms with Crippen LogP contribution in [0.2, 0.25) is 0 Å². The first kappa shape index (κ1) is 22.3. The summed E-state index contributed by atoms with van der Waals surface area (Å²) >= 11 is 0. The van der Waals surface area contributed by atoms with Crippen LogP contribution in [-0.2, 0) is 25.6 Å². The summed E-state index contributed by atoms with van der Waals surface area (Å²) in [6.07, 6.45) is 8.41. The lowest BCUT2D eigenvalue weighted by Crippen LogP contribution is -2.46. The van der Waals surface area contributed by atoms with Gasteiger partial charge in [-0.15, -0.1) is 0 Å². The van der Waals surface area contributed by atoms with Gasteiger partial charge in [0, 0.05) is 31.9 Å². The molecule has 1 unspecified atom stereocenters. The standard InChI is InChI=1S/C19H28N6O4/c20-23-14-22-10-2-1-7-17(26)25-12-4-6-16(25)19(28)24-29-18(27)9-8-15-5-3-11-21-13-15/h3,5,11,13-14,16H,1-2,4,6-10,12,20H2,(H,22,23)(H,24,28). The summed E-state index contributed by atoms with van der Waals surface area (Å²) in [5, 5.41) is 0. The zero-order valence-electron chi connectivity index (χ0n) is 16.4. The number of aromatic nitrogens is 1. The van der Waals surface area contributed by atoms with Crippen molar-refractivity contribution < 1.29 is 19.2 Å². The molecule has 1 saturated heterocycles. The van der Waals surface area contributed by atoms with Crippen LogP contribution in [0.1, 0.15) is 44.1 Å². The number of unbranched alkanes of at least 4 members (excludes halogenated alkanes) is 1. The zero-order valence-corrected chi connectivity index (χ0v) is 16.4. The second-order valence-electron chi connectivity index (χ2n) is 6.71. The number of nitrogens with zero attached hydrogens (tertiary/aromatic N) is 3. The molecule has 1 fully saturated rings. The van der Waals surface area contributed by atoms with E-state index < -0.39 is 17.9 Å². The highest BCUT2D eigenvalue weighted by Gasteiger charge is 2.34. The van der Waals surface area contributed by atoms with Crippen LogP contribution in [0.4, 0.5) is 0 Å². The molecule has 10 nitrogen and oxygen atoms in total. The van der Waals surface area contributed by atoms with Crippen molar-refractivity contribution in [1.82, 2.24) is 20.8 Å². The van der Waals surface area contributed by atoms with Gasteiger partial charge in [0.1, 0.15) is 6.04 Å². The molecular weight excluding hydrogens is 376 g/mol. The van der Waals surface area contributed by atoms with Gasteiger partial charge in [-0.1, -0.05) is 6.07 Å². The van der Waals surface area contributed by atoms with Gasteiger partial charge >= 0.3 is 5.97 Å². The molecule has 0 aromatic carbocycles. The highest BCUT2D eigenvalue weighted by molar-refractivity contribution is 5.88. The fourth-order valence-corrected chi connectivity index (χ4v) is 3.10. The second-order valence-corrected chi connectivity index (χ2v) is 6.71. The van der Waals surface area contributed by atoms with Gasteiger partial charge in [-0.25, -0.2) is 10.6 Å². The Kier molecular flexibility index (Phi) is 9.56. The minimum atomic E-state index is -0.604. The molecule has 0 spiro atoms. The van der Waals surface area contributed by atoms with Gasteiger partial charge in [0.05, 0.1) is 12.8 Å². The third kappa shape index (κ3) is 7.86. The Bertz CT molecular complexity index is 697. The Morgan fingerprint density at radius 1 is 1.34 bits per heavy atom. The van der Waals surface area contributed by atoms with Crippen LogP contribution in [0.25, 0.3) is 0 Å². The molecule has 158 valence electrons. The molecule has 10 heteroatoms. The number of likely N-dealkylation sites (tertiary alicyclic amines) is 1. The monoisotopic (exact) mass is 404 g/mol. The molecule has 1 aromatic heterocycles. The molecule has 1 aromatic rings. The van der Waals surface area contributed by atoms with E-state index in [1.807, 2.05) is 6.07 Å². The van der Waals surface area contributed by atoms with E-state index in [-0.39, 0.29) is 12.3 Å². The summed E-state index contributed by atoms with van der Waals surface area (Å²) in [5.41, 5.74) is 5.43. The van der Waals surface area contributed by atoms with Crippen LogP contribution in [0, 0.1) is 0 Å². The minimum Gasteiger partial charge on any atom is -0.341 e. The zero-order chi connectivity index (χ0) is 20.9. The Hall–Kier alpha value is -3.01. The van der Waals surface area contributed by atoms with Gasteiger partial charge in [0.2, 0.25) is 5.91 Å². The highest BCUT2D eigenvalue weighted by atomic mass is 16.7. The van der Waals surface area contributed by atoms with Crippen LogP contribution in [0.3, 0.4) is 0 Å². The topological polar surface area (TPSA) is 139 Å². The SMILES string of the molecule is NNC=NCCCCC(=O)N1CCCC1C(=O)NOC(=O)CCc1cccnc1. The number of nitrogens with two attached hydrogens (primary N) is 1. The van der Waals surface area contributed by atoms with Crippen LogP contribution >= 0.6 is 0 Å². The molecule has 0 radical (unpaired) electrons. The Morgan fingerprint density at radius 3 is 2.97 bits per heavy atom. The number of aliphatic imine (C=N–C) groups is 1. The summed E-state index contributed by atoms with van der Waals surface area (Å²) in [6, 6.07) is 3.05. The molecule has 2 rings (SSSR count). The summed E-state index contributed by atoms with van der Waals surface area (Å²) in [7, 11) is 0. The minimum absolute atomic E-state index is 0.0773. The lowest BCUT2D eigenvalue weighted by Gasteiger charge is -2.23. The third-order valence-corrected chi connectivity index (χ3v) is 4.58. The van der Waals surface area contributed by atoms with Gasteiger partial charge < -0.3 is 15.2 Å². The maximum Gasteiger partial charge on any atom is 0.332 e. The van der Waals surface area contributed by atoms with Gasteiger partial charge in [-0.3, -0.25) is 19.6 Å². The molecule has 0 aliphatic carbocycles. The average Bonchev–Trinajstić information content (AvgIpc) is 3.24. The van der Waals surface area contributed by atoms with E-state index in [9.17, 15) is 14.4 Å². The van der Waals surface area contributed by atoms with E-state index in [4.69, 9.17) is 10.7 Å². The number of aryl methyl sites for hydroxylation is 1. The molecular formula is C19H28N6O4. The van der Waals surface area contributed by atoms with Crippen LogP contribution in [0.5, 0.6) is 0 Å². The molecule has 4 N–H and O–H groups in total. The highest BCUT2D eigenvalue weighted by Crippen LogP contribution is 2.19. The Balaban J connectivity index is 1.69. The number of nitrogens with one attached hydrogen (secondary N) is 2. The van der Waals surface area contributed by atoms with E-state index >= 15 is 0 Å². The number of carbonyl (C=O) groups is 3. The molecule has 1 aliphatic rings. The Morgan fingerprint density at radius 2 is 2.21 bits per heavy atom. The van der Waals surface area contributed by atoms with Crippen LogP contribution in [0.15, 0.2) is 29.5 Å². The first-order valence-electron chi connectivity index (χ1n) is 9.74. The number of hydrogen-bond donors (Lipinski definition) is 3. The lowest BCUT2D eigenvalue weighted by molar-refractivity contribution is -0.160. The van der Waals surface area contributed by atoms with Crippen molar-refractivity contribution in [1.29, 1.82) is 0 Å². The smallest absolute Gasteiger partial charge is 0.332 e. The normalized spacial score (nSPS) is 16.0. The molecule has 2 heterocycles. The maximum absolute atomic E-state index is 12.4. The average molecular weight is 404 g/mol. The number of carbonyl (C=O) groups excluding carboxylic acids is 3. The predicted molar refractivity (Wildman–Crippen MR) is 106 cm³/mol. The van der Waals surface area contributed by atoms with Crippen molar-refractivity contribution in [3.63, 3.8) is 0 Å². The molecule has 0 saturated carbocycles. The quantitative estimate of drug-likeness (QED) is 0.167. The maximum atomic E-state index is 12.4. The lowest BCUT2D eigenvalue weighted by atomic mass is 10.2. The van der Waals surface area contributed by atoms with Crippen molar-refractivity contribution >= 4 is 24.1 Å². The van der Waals surface area contributed by atoms with E-state index in [1.54, 1.807) is 23.4 Å². The van der Waals surface area contributed by atoms with Gasteiger partial charge in [0.15, 0.2) is 0 Å². The number of amides is 2. The predicted octanol–water partition coefficient (Wildman–Crippen LogP) is 0.242. The summed E-state index contributed by atoms with van der Waals surface area (Å²) in [6.45, 7) is 1.11. The van der Waals surface area contributed by atoms with Gasteiger partial charge in [0.25, 0.3) is 5.91 Å². The number of rotatable bonds is 10. The van der Waals surface area contributed by atoms with Crippen LogP contribution in [-0.4, -0.2) is 53.1 Å². The molecule has 29 heavy (non-hydrogen) atoms. The van der Waals surface area contributed by atoms with Crippen molar-refractivity contribution in [2.75, 3.05) is 13.1 Å². The molecule has 2 amide bonds. The second kappa shape index (κ2) is 12.4. The summed E-state index contributed by atoms with van der Waals surface area (Å²) in [4.78, 5) is 51.0. The number of pyridine rings is 1. The first-order valence-corrected chi connectivity index (χ1v) is 9.74. The fraction of sp³-hybridized carbons (Fsp3) is 0.526. The number of hydrazine groups is 1. The van der Waals surface area contributed by atoms with Gasteiger partial charge in [-0.2, -0.15) is 5.48 Å². The fourth-order valence-electron chi connectivity index (χ4n) is 3.10. The first-order chi connectivity index (χ1) is 14.1. The number of hydrogen-bond acceptors (Lipinski definition) is 7. The van der Waals surface area contributed by atoms with E-state index in [0.29, 0.717) is 38.8 Å². The summed E-state index contributed by atoms with van der Waals surface area (Å²) < 4.78 is 0. The molecule has 1 atom stereocenters. The van der Waals surface area contributed by atoms with Crippen molar-refractivity contribution in [3.05, 3.63) is 30.1 Å². The van der Waals surface area contributed by atoms with E-state index in [2.05, 4.69) is 20.9 Å². The van der Waals surface area contributed by atoms with E-state index in [1.165, 1.54) is 6.34 Å². The molecule has 1 aliphatic heterocycles. The van der Waals surface area contributed by atoms with E-state index in [0.717, 1.165) is 18.4 Å². The molecule has 0 bridgehead atoms. The van der Waals surface area contributed by atoms with Gasteiger partial charge in [-0.05, 0) is 43.7 Å². The Labute approximate surface area is 169 Å². The largest absolute Gasteiger partial charge is 0.341 e. The third-order valence-electron chi connectivity index (χ3n) is 4.58. The van der Waals surface area contributed by atoms with Crippen LogP contribution < -0.4 is 16.7 Å². The van der Waals surface area contributed by atoms with Crippen molar-refractivity contribution in [2.24, 2.45) is 10.8 Å². The summed E-state index contributed by atoms with van der Waals surface area (Å²) in [5.74, 6) is 3.99. The number of hydroxylamine groups is 1. The van der Waals surface area contributed by atoms with Crippen molar-refractivity contribution in [3.8, 4) is 0 Å². The van der Waals surface area contributed by atoms with Crippen molar-refractivity contribution in [2.45, 2.75) is 51.0 Å².